The lowest BCUT2D eigenvalue weighted by atomic mass is 9.99. The normalized spacial score (nSPS) is 19.8. The number of fused-ring (bicyclic) bond motifs is 1. The summed E-state index contributed by atoms with van der Waals surface area (Å²) in [6, 6.07) is 6.18. The van der Waals surface area contributed by atoms with Crippen LogP contribution in [0.2, 0.25) is 0 Å². The molecule has 0 amide bonds. The molecule has 0 unspecified atom stereocenters. The number of hydrogen-bond acceptors (Lipinski definition) is 5. The molecule has 1 atom stereocenters. The van der Waals surface area contributed by atoms with Crippen LogP contribution in [0.1, 0.15) is 17.5 Å². The smallest absolute Gasteiger partial charge is 0.280 e. The molecule has 1 aliphatic rings. The standard InChI is InChI=1S/C19H21F3N6/c20-9-14-3-1-13(2-4-14)5-7-28-8-6-16(19(21,22)11-28)26-17-15-10-25-27-18(15)24-12-23-17/h1-4,10,12,16H,5-9,11H2,(H2,23,24,25,26,27)/t16-/m0/s1. The summed E-state index contributed by atoms with van der Waals surface area (Å²) in [7, 11) is 0. The van der Waals surface area contributed by atoms with E-state index in [1.807, 2.05) is 12.1 Å². The summed E-state index contributed by atoms with van der Waals surface area (Å²) in [5, 5.41) is 10.1. The fourth-order valence-electron chi connectivity index (χ4n) is 3.51. The van der Waals surface area contributed by atoms with Crippen molar-refractivity contribution >= 4 is 16.9 Å². The van der Waals surface area contributed by atoms with E-state index in [0.29, 0.717) is 48.3 Å². The molecule has 1 aromatic carbocycles. The van der Waals surface area contributed by atoms with E-state index in [-0.39, 0.29) is 6.54 Å². The van der Waals surface area contributed by atoms with Crippen LogP contribution in [0.5, 0.6) is 0 Å². The number of rotatable bonds is 6. The number of aromatic nitrogens is 4. The van der Waals surface area contributed by atoms with Gasteiger partial charge in [-0.05, 0) is 24.0 Å². The van der Waals surface area contributed by atoms with Crippen molar-refractivity contribution in [1.29, 1.82) is 0 Å². The highest BCUT2D eigenvalue weighted by Gasteiger charge is 2.44. The molecule has 28 heavy (non-hydrogen) atoms. The molecule has 1 fully saturated rings. The van der Waals surface area contributed by atoms with Gasteiger partial charge in [0.15, 0.2) is 5.65 Å². The van der Waals surface area contributed by atoms with Gasteiger partial charge in [-0.2, -0.15) is 5.10 Å². The van der Waals surface area contributed by atoms with Gasteiger partial charge < -0.3 is 5.32 Å². The lowest BCUT2D eigenvalue weighted by Gasteiger charge is -2.38. The molecule has 0 saturated carbocycles. The lowest BCUT2D eigenvalue weighted by Crippen LogP contribution is -2.54. The van der Waals surface area contributed by atoms with Crippen molar-refractivity contribution < 1.29 is 13.2 Å². The Morgan fingerprint density at radius 2 is 1.96 bits per heavy atom. The lowest BCUT2D eigenvalue weighted by molar-refractivity contribution is -0.0734. The molecule has 0 radical (unpaired) electrons. The number of aromatic amines is 1. The van der Waals surface area contributed by atoms with E-state index in [0.717, 1.165) is 5.56 Å². The van der Waals surface area contributed by atoms with E-state index in [4.69, 9.17) is 0 Å². The van der Waals surface area contributed by atoms with Gasteiger partial charge in [0.2, 0.25) is 0 Å². The van der Waals surface area contributed by atoms with Crippen molar-refractivity contribution in [2.24, 2.45) is 0 Å². The van der Waals surface area contributed by atoms with Gasteiger partial charge in [-0.3, -0.25) is 10.00 Å². The van der Waals surface area contributed by atoms with Crippen LogP contribution in [0, 0.1) is 0 Å². The maximum Gasteiger partial charge on any atom is 0.280 e. The minimum atomic E-state index is -2.89. The molecule has 0 bridgehead atoms. The number of nitrogens with one attached hydrogen (secondary N) is 2. The van der Waals surface area contributed by atoms with Gasteiger partial charge in [-0.15, -0.1) is 0 Å². The van der Waals surface area contributed by atoms with E-state index in [1.54, 1.807) is 17.0 Å². The first kappa shape index (κ1) is 18.7. The molecule has 2 aromatic heterocycles. The van der Waals surface area contributed by atoms with E-state index >= 15 is 0 Å². The summed E-state index contributed by atoms with van der Waals surface area (Å²) in [5.41, 5.74) is 2.15. The highest BCUT2D eigenvalue weighted by Crippen LogP contribution is 2.31. The van der Waals surface area contributed by atoms with Crippen LogP contribution >= 0.6 is 0 Å². The molecule has 6 nitrogen and oxygen atoms in total. The third-order valence-electron chi connectivity index (χ3n) is 5.13. The zero-order valence-corrected chi connectivity index (χ0v) is 15.2. The summed E-state index contributed by atoms with van der Waals surface area (Å²) in [6.07, 6.45) is 3.81. The maximum atomic E-state index is 14.7. The van der Waals surface area contributed by atoms with Crippen molar-refractivity contribution in [3.8, 4) is 0 Å². The number of benzene rings is 1. The zero-order valence-electron chi connectivity index (χ0n) is 15.2. The van der Waals surface area contributed by atoms with Gasteiger partial charge in [0, 0.05) is 13.1 Å². The Morgan fingerprint density at radius 1 is 1.18 bits per heavy atom. The number of hydrogen-bond donors (Lipinski definition) is 2. The third-order valence-corrected chi connectivity index (χ3v) is 5.13. The number of nitrogens with zero attached hydrogens (tertiary/aromatic N) is 4. The molecule has 3 heterocycles. The van der Waals surface area contributed by atoms with E-state index < -0.39 is 18.6 Å². The van der Waals surface area contributed by atoms with Gasteiger partial charge in [0.1, 0.15) is 18.8 Å². The first-order valence-electron chi connectivity index (χ1n) is 9.20. The van der Waals surface area contributed by atoms with Crippen LogP contribution in [-0.4, -0.2) is 56.7 Å². The Bertz CT molecular complexity index is 927. The number of H-pyrrole nitrogens is 1. The van der Waals surface area contributed by atoms with Gasteiger partial charge in [-0.1, -0.05) is 24.3 Å². The second-order valence-corrected chi connectivity index (χ2v) is 7.08. The molecule has 148 valence electrons. The molecule has 0 spiro atoms. The molecule has 2 N–H and O–H groups in total. The highest BCUT2D eigenvalue weighted by atomic mass is 19.3. The topological polar surface area (TPSA) is 69.7 Å². The summed E-state index contributed by atoms with van der Waals surface area (Å²) < 4.78 is 42.1. The van der Waals surface area contributed by atoms with Gasteiger partial charge >= 0.3 is 0 Å². The first-order chi connectivity index (χ1) is 13.5. The molecule has 3 aromatic rings. The second kappa shape index (κ2) is 7.75. The monoisotopic (exact) mass is 390 g/mol. The van der Waals surface area contributed by atoms with Crippen LogP contribution in [0.4, 0.5) is 19.0 Å². The average Bonchev–Trinajstić information content (AvgIpc) is 3.18. The van der Waals surface area contributed by atoms with Crippen molar-refractivity contribution in [2.45, 2.75) is 31.5 Å². The predicted molar refractivity (Wildman–Crippen MR) is 100 cm³/mol. The Morgan fingerprint density at radius 3 is 2.71 bits per heavy atom. The van der Waals surface area contributed by atoms with Crippen molar-refractivity contribution in [3.05, 3.63) is 47.9 Å². The first-order valence-corrected chi connectivity index (χ1v) is 9.20. The number of alkyl halides is 3. The van der Waals surface area contributed by atoms with Crippen molar-refractivity contribution in [2.75, 3.05) is 25.0 Å². The largest absolute Gasteiger partial charge is 0.360 e. The van der Waals surface area contributed by atoms with Crippen LogP contribution in [0.15, 0.2) is 36.8 Å². The van der Waals surface area contributed by atoms with Gasteiger partial charge in [-0.25, -0.2) is 23.1 Å². The molecule has 4 rings (SSSR count). The summed E-state index contributed by atoms with van der Waals surface area (Å²) >= 11 is 0. The van der Waals surface area contributed by atoms with Crippen molar-refractivity contribution in [3.63, 3.8) is 0 Å². The highest BCUT2D eigenvalue weighted by molar-refractivity contribution is 5.85. The van der Waals surface area contributed by atoms with Crippen LogP contribution in [0.3, 0.4) is 0 Å². The van der Waals surface area contributed by atoms with Gasteiger partial charge in [0.05, 0.1) is 24.2 Å². The van der Waals surface area contributed by atoms with E-state index in [1.165, 1.54) is 12.5 Å². The van der Waals surface area contributed by atoms with Crippen LogP contribution in [-0.2, 0) is 13.1 Å². The SMILES string of the molecule is FCc1ccc(CCN2CC[C@H](Nc3ncnc4[nH]ncc34)C(F)(F)C2)cc1. The van der Waals surface area contributed by atoms with Crippen LogP contribution < -0.4 is 5.32 Å². The molecular formula is C19H21F3N6. The third kappa shape index (κ3) is 3.94. The number of piperidine rings is 1. The molecule has 1 aliphatic heterocycles. The number of anilines is 1. The predicted octanol–water partition coefficient (Wildman–Crippen LogP) is 3.19. The Labute approximate surface area is 160 Å². The Kier molecular flexibility index (Phi) is 5.17. The minimum absolute atomic E-state index is 0.303. The molecule has 9 heteroatoms. The molecule has 1 saturated heterocycles. The van der Waals surface area contributed by atoms with Gasteiger partial charge in [0.25, 0.3) is 5.92 Å². The van der Waals surface area contributed by atoms with Crippen molar-refractivity contribution in [1.82, 2.24) is 25.1 Å². The van der Waals surface area contributed by atoms with E-state index in [9.17, 15) is 13.2 Å². The number of likely N-dealkylation sites (tertiary alicyclic amines) is 1. The summed E-state index contributed by atoms with van der Waals surface area (Å²) in [6.45, 7) is 0.295. The summed E-state index contributed by atoms with van der Waals surface area (Å²) in [4.78, 5) is 9.89. The Hall–Kier alpha value is -2.68. The molecular weight excluding hydrogens is 369 g/mol. The fraction of sp³-hybridized carbons (Fsp3) is 0.421. The second-order valence-electron chi connectivity index (χ2n) is 7.08. The minimum Gasteiger partial charge on any atom is -0.360 e. The number of halogens is 3. The fourth-order valence-corrected chi connectivity index (χ4v) is 3.51. The van der Waals surface area contributed by atoms with E-state index in [2.05, 4.69) is 25.5 Å². The zero-order chi connectivity index (χ0) is 19.6. The molecule has 0 aliphatic carbocycles. The maximum absolute atomic E-state index is 14.7. The summed E-state index contributed by atoms with van der Waals surface area (Å²) in [5.74, 6) is -2.53. The van der Waals surface area contributed by atoms with Crippen LogP contribution in [0.25, 0.3) is 11.0 Å². The Balaban J connectivity index is 1.36. The average molecular weight is 390 g/mol. The quantitative estimate of drug-likeness (QED) is 0.677.